The van der Waals surface area contributed by atoms with E-state index in [-0.39, 0.29) is 6.61 Å². The largest absolute Gasteiger partial charge is 0.480 e. The van der Waals surface area contributed by atoms with Gasteiger partial charge in [-0.15, -0.1) is 0 Å². The van der Waals surface area contributed by atoms with Crippen LogP contribution in [0.25, 0.3) is 0 Å². The van der Waals surface area contributed by atoms with Crippen molar-refractivity contribution in [2.45, 2.75) is 33.2 Å². The number of carboxylic acids is 1. The van der Waals surface area contributed by atoms with Crippen LogP contribution in [0.3, 0.4) is 0 Å². The Hall–Kier alpha value is -0.610. The van der Waals surface area contributed by atoms with Gasteiger partial charge in [0.05, 0.1) is 6.61 Å². The molecule has 15 heavy (non-hydrogen) atoms. The molecule has 0 radical (unpaired) electrons. The average molecular weight is 217 g/mol. The SMILES string of the molecule is CCC(C)CN(CC)C(COC)C(=O)O. The third-order valence-corrected chi connectivity index (χ3v) is 2.70. The van der Waals surface area contributed by atoms with Crippen molar-refractivity contribution in [3.8, 4) is 0 Å². The molecule has 0 saturated carbocycles. The summed E-state index contributed by atoms with van der Waals surface area (Å²) >= 11 is 0. The highest BCUT2D eigenvalue weighted by Crippen LogP contribution is 2.08. The topological polar surface area (TPSA) is 49.8 Å². The Balaban J connectivity index is 4.37. The molecule has 0 aromatic rings. The quantitative estimate of drug-likeness (QED) is 0.668. The van der Waals surface area contributed by atoms with Gasteiger partial charge in [0.25, 0.3) is 0 Å². The summed E-state index contributed by atoms with van der Waals surface area (Å²) < 4.78 is 4.94. The molecule has 0 fully saturated rings. The summed E-state index contributed by atoms with van der Waals surface area (Å²) in [6.45, 7) is 8.03. The van der Waals surface area contributed by atoms with Crippen LogP contribution in [0, 0.1) is 5.92 Å². The fourth-order valence-electron chi connectivity index (χ4n) is 1.50. The minimum Gasteiger partial charge on any atom is -0.480 e. The van der Waals surface area contributed by atoms with Crippen molar-refractivity contribution in [2.75, 3.05) is 26.8 Å². The number of hydrogen-bond acceptors (Lipinski definition) is 3. The predicted octanol–water partition coefficient (Wildman–Crippen LogP) is 1.45. The fourth-order valence-corrected chi connectivity index (χ4v) is 1.50. The molecule has 1 N–H and O–H groups in total. The minimum atomic E-state index is -0.804. The number of nitrogens with zero attached hydrogens (tertiary/aromatic N) is 1. The van der Waals surface area contributed by atoms with E-state index in [0.717, 1.165) is 19.5 Å². The number of carboxylic acid groups (broad SMARTS) is 1. The number of ether oxygens (including phenoxy) is 1. The van der Waals surface area contributed by atoms with Crippen LogP contribution in [0.4, 0.5) is 0 Å². The van der Waals surface area contributed by atoms with E-state index in [1.165, 1.54) is 7.11 Å². The first-order valence-corrected chi connectivity index (χ1v) is 5.52. The second-order valence-electron chi connectivity index (χ2n) is 3.91. The van der Waals surface area contributed by atoms with Crippen molar-refractivity contribution >= 4 is 5.97 Å². The van der Waals surface area contributed by atoms with E-state index >= 15 is 0 Å². The predicted molar refractivity (Wildman–Crippen MR) is 60.0 cm³/mol. The van der Waals surface area contributed by atoms with Gasteiger partial charge in [-0.3, -0.25) is 9.69 Å². The number of methoxy groups -OCH3 is 1. The highest BCUT2D eigenvalue weighted by molar-refractivity contribution is 5.73. The van der Waals surface area contributed by atoms with Crippen LogP contribution < -0.4 is 0 Å². The Morgan fingerprint density at radius 1 is 1.47 bits per heavy atom. The van der Waals surface area contributed by atoms with Crippen LogP contribution in [0.15, 0.2) is 0 Å². The van der Waals surface area contributed by atoms with Crippen molar-refractivity contribution in [3.63, 3.8) is 0 Å². The molecule has 4 heteroatoms. The summed E-state index contributed by atoms with van der Waals surface area (Å²) in [6.07, 6.45) is 1.07. The third-order valence-electron chi connectivity index (χ3n) is 2.70. The van der Waals surface area contributed by atoms with Gasteiger partial charge in [-0.25, -0.2) is 0 Å². The Labute approximate surface area is 92.2 Å². The minimum absolute atomic E-state index is 0.250. The van der Waals surface area contributed by atoms with Crippen molar-refractivity contribution in [2.24, 2.45) is 5.92 Å². The second-order valence-corrected chi connectivity index (χ2v) is 3.91. The summed E-state index contributed by atoms with van der Waals surface area (Å²) in [5.74, 6) is -0.286. The third kappa shape index (κ3) is 5.14. The molecule has 90 valence electrons. The number of likely N-dealkylation sites (N-methyl/N-ethyl adjacent to an activating group) is 1. The molecular formula is C11H23NO3. The van der Waals surface area contributed by atoms with E-state index in [1.54, 1.807) is 0 Å². The Kier molecular flexibility index (Phi) is 7.34. The van der Waals surface area contributed by atoms with Crippen molar-refractivity contribution < 1.29 is 14.6 Å². The van der Waals surface area contributed by atoms with Gasteiger partial charge in [0.15, 0.2) is 0 Å². The van der Waals surface area contributed by atoms with E-state index in [4.69, 9.17) is 9.84 Å². The maximum Gasteiger partial charge on any atom is 0.323 e. The molecule has 2 unspecified atom stereocenters. The summed E-state index contributed by atoms with van der Waals surface area (Å²) in [7, 11) is 1.53. The second kappa shape index (κ2) is 7.65. The summed E-state index contributed by atoms with van der Waals surface area (Å²) in [4.78, 5) is 13.0. The molecule has 0 bridgehead atoms. The lowest BCUT2D eigenvalue weighted by Crippen LogP contribution is -2.46. The normalized spacial score (nSPS) is 15.3. The molecule has 0 aromatic carbocycles. The van der Waals surface area contributed by atoms with Crippen LogP contribution in [-0.2, 0) is 9.53 Å². The maximum absolute atomic E-state index is 11.0. The van der Waals surface area contributed by atoms with Crippen LogP contribution >= 0.6 is 0 Å². The van der Waals surface area contributed by atoms with Crippen molar-refractivity contribution in [1.82, 2.24) is 4.90 Å². The van der Waals surface area contributed by atoms with E-state index in [1.807, 2.05) is 11.8 Å². The lowest BCUT2D eigenvalue weighted by atomic mass is 10.1. The van der Waals surface area contributed by atoms with Crippen LogP contribution in [-0.4, -0.2) is 48.8 Å². The fraction of sp³-hybridized carbons (Fsp3) is 0.909. The number of carbonyl (C=O) groups is 1. The van der Waals surface area contributed by atoms with E-state index in [2.05, 4.69) is 13.8 Å². The Bertz CT molecular complexity index is 185. The zero-order valence-corrected chi connectivity index (χ0v) is 10.2. The maximum atomic E-state index is 11.0. The van der Waals surface area contributed by atoms with Gasteiger partial charge in [-0.1, -0.05) is 27.2 Å². The number of hydrogen-bond donors (Lipinski definition) is 1. The first-order chi connectivity index (χ1) is 7.06. The van der Waals surface area contributed by atoms with Gasteiger partial charge in [0, 0.05) is 13.7 Å². The van der Waals surface area contributed by atoms with Gasteiger partial charge in [0.2, 0.25) is 0 Å². The molecule has 0 heterocycles. The van der Waals surface area contributed by atoms with Crippen molar-refractivity contribution in [1.29, 1.82) is 0 Å². The van der Waals surface area contributed by atoms with Crippen LogP contribution in [0.5, 0.6) is 0 Å². The number of aliphatic carboxylic acids is 1. The molecule has 0 aliphatic rings. The average Bonchev–Trinajstić information content (AvgIpc) is 2.22. The molecule has 0 aliphatic carbocycles. The van der Waals surface area contributed by atoms with Crippen LogP contribution in [0.1, 0.15) is 27.2 Å². The highest BCUT2D eigenvalue weighted by Gasteiger charge is 2.24. The first kappa shape index (κ1) is 14.4. The first-order valence-electron chi connectivity index (χ1n) is 5.52. The van der Waals surface area contributed by atoms with Crippen molar-refractivity contribution in [3.05, 3.63) is 0 Å². The molecule has 0 aliphatic heterocycles. The summed E-state index contributed by atoms with van der Waals surface area (Å²) in [5, 5.41) is 9.07. The summed E-state index contributed by atoms with van der Waals surface area (Å²) in [5.41, 5.74) is 0. The standard InChI is InChI=1S/C11H23NO3/c1-5-9(3)7-12(6-2)10(8-15-4)11(13)14/h9-10H,5-8H2,1-4H3,(H,13,14). The molecule has 0 rings (SSSR count). The Morgan fingerprint density at radius 2 is 2.07 bits per heavy atom. The number of rotatable bonds is 8. The van der Waals surface area contributed by atoms with Crippen LogP contribution in [0.2, 0.25) is 0 Å². The van der Waals surface area contributed by atoms with Gasteiger partial charge < -0.3 is 9.84 Å². The lowest BCUT2D eigenvalue weighted by molar-refractivity contribution is -0.145. The lowest BCUT2D eigenvalue weighted by Gasteiger charge is -2.29. The molecule has 0 saturated heterocycles. The molecule has 2 atom stereocenters. The van der Waals surface area contributed by atoms with Gasteiger partial charge in [-0.05, 0) is 12.5 Å². The molecular weight excluding hydrogens is 194 g/mol. The zero-order chi connectivity index (χ0) is 11.8. The Morgan fingerprint density at radius 3 is 2.40 bits per heavy atom. The van der Waals surface area contributed by atoms with E-state index in [0.29, 0.717) is 5.92 Å². The smallest absolute Gasteiger partial charge is 0.323 e. The summed E-state index contributed by atoms with van der Waals surface area (Å²) in [6, 6.07) is -0.519. The molecule has 4 nitrogen and oxygen atoms in total. The zero-order valence-electron chi connectivity index (χ0n) is 10.2. The molecule has 0 aromatic heterocycles. The molecule has 0 spiro atoms. The van der Waals surface area contributed by atoms with E-state index in [9.17, 15) is 4.79 Å². The highest BCUT2D eigenvalue weighted by atomic mass is 16.5. The molecule has 0 amide bonds. The van der Waals surface area contributed by atoms with Gasteiger partial charge in [-0.2, -0.15) is 0 Å². The van der Waals surface area contributed by atoms with E-state index < -0.39 is 12.0 Å². The van der Waals surface area contributed by atoms with Gasteiger partial charge in [0.1, 0.15) is 6.04 Å². The van der Waals surface area contributed by atoms with Gasteiger partial charge >= 0.3 is 5.97 Å². The monoisotopic (exact) mass is 217 g/mol.